The van der Waals surface area contributed by atoms with Gasteiger partial charge >= 0.3 is 0 Å². The van der Waals surface area contributed by atoms with E-state index in [1.165, 1.54) is 36.0 Å². The molecule has 1 fully saturated rings. The standard InChI is InChI=1S/C20H17FN2O3S2/c1-2-23-19(25)17(28-20(23)27)11-13-3-9-16(10-4-13)26-12-18(24)22-15-7-5-14(21)6-8-15/h3-11H,2,12H2,1H3,(H,22,24)/b17-11-. The van der Waals surface area contributed by atoms with Crippen LogP contribution >= 0.6 is 24.0 Å². The molecule has 1 heterocycles. The summed E-state index contributed by atoms with van der Waals surface area (Å²) in [5.41, 5.74) is 1.33. The fourth-order valence-corrected chi connectivity index (χ4v) is 3.85. The van der Waals surface area contributed by atoms with Crippen molar-refractivity contribution in [2.24, 2.45) is 0 Å². The zero-order valence-electron chi connectivity index (χ0n) is 15.0. The summed E-state index contributed by atoms with van der Waals surface area (Å²) in [6.07, 6.45) is 1.78. The Morgan fingerprint density at radius 2 is 1.89 bits per heavy atom. The Hall–Kier alpha value is -2.71. The molecule has 144 valence electrons. The lowest BCUT2D eigenvalue weighted by molar-refractivity contribution is -0.122. The molecule has 0 spiro atoms. The molecule has 1 aliphatic rings. The van der Waals surface area contributed by atoms with E-state index in [9.17, 15) is 14.0 Å². The van der Waals surface area contributed by atoms with E-state index in [1.54, 1.807) is 35.2 Å². The summed E-state index contributed by atoms with van der Waals surface area (Å²) in [6.45, 7) is 2.26. The number of amides is 2. The van der Waals surface area contributed by atoms with Crippen LogP contribution < -0.4 is 10.1 Å². The number of benzene rings is 2. The van der Waals surface area contributed by atoms with Gasteiger partial charge in [0.15, 0.2) is 6.61 Å². The topological polar surface area (TPSA) is 58.6 Å². The van der Waals surface area contributed by atoms with Crippen LogP contribution in [0.25, 0.3) is 6.08 Å². The number of thioether (sulfide) groups is 1. The Labute approximate surface area is 171 Å². The minimum absolute atomic E-state index is 0.0877. The highest BCUT2D eigenvalue weighted by Gasteiger charge is 2.30. The number of nitrogens with zero attached hydrogens (tertiary/aromatic N) is 1. The Kier molecular flexibility index (Phi) is 6.43. The Bertz CT molecular complexity index is 927. The van der Waals surface area contributed by atoms with Crippen LogP contribution in [0, 0.1) is 5.82 Å². The molecule has 0 radical (unpaired) electrons. The molecule has 0 unspecified atom stereocenters. The zero-order chi connectivity index (χ0) is 20.1. The van der Waals surface area contributed by atoms with Crippen LogP contribution in [0.1, 0.15) is 12.5 Å². The summed E-state index contributed by atoms with van der Waals surface area (Å²) >= 11 is 6.48. The van der Waals surface area contributed by atoms with E-state index < -0.39 is 0 Å². The second kappa shape index (κ2) is 8.99. The van der Waals surface area contributed by atoms with E-state index in [1.807, 2.05) is 6.92 Å². The first kappa shape index (κ1) is 20.0. The van der Waals surface area contributed by atoms with Crippen molar-refractivity contribution < 1.29 is 18.7 Å². The maximum atomic E-state index is 12.9. The van der Waals surface area contributed by atoms with Gasteiger partial charge in [-0.3, -0.25) is 14.5 Å². The lowest BCUT2D eigenvalue weighted by Gasteiger charge is -2.09. The third kappa shape index (κ3) is 4.96. The van der Waals surface area contributed by atoms with E-state index in [-0.39, 0.29) is 24.2 Å². The summed E-state index contributed by atoms with van der Waals surface area (Å²) in [7, 11) is 0. The minimum atomic E-state index is -0.369. The number of carbonyl (C=O) groups excluding carboxylic acids is 2. The van der Waals surface area contributed by atoms with Crippen molar-refractivity contribution in [2.75, 3.05) is 18.5 Å². The van der Waals surface area contributed by atoms with Gasteiger partial charge in [0.2, 0.25) is 0 Å². The molecule has 0 bridgehead atoms. The van der Waals surface area contributed by atoms with Gasteiger partial charge in [0.25, 0.3) is 11.8 Å². The second-order valence-electron chi connectivity index (χ2n) is 5.84. The summed E-state index contributed by atoms with van der Waals surface area (Å²) in [5, 5.41) is 2.62. The third-order valence-electron chi connectivity index (χ3n) is 3.87. The zero-order valence-corrected chi connectivity index (χ0v) is 16.6. The molecule has 1 saturated heterocycles. The number of rotatable bonds is 6. The van der Waals surface area contributed by atoms with Gasteiger partial charge in [-0.05, 0) is 55.0 Å². The average molecular weight is 416 g/mol. The first-order chi connectivity index (χ1) is 13.5. The van der Waals surface area contributed by atoms with Crippen molar-refractivity contribution in [3.05, 3.63) is 64.8 Å². The molecule has 5 nitrogen and oxygen atoms in total. The molecule has 0 saturated carbocycles. The molecular weight excluding hydrogens is 399 g/mol. The number of hydrogen-bond donors (Lipinski definition) is 1. The molecule has 0 aromatic heterocycles. The number of carbonyl (C=O) groups is 2. The average Bonchev–Trinajstić information content (AvgIpc) is 2.95. The lowest BCUT2D eigenvalue weighted by atomic mass is 10.2. The molecule has 3 rings (SSSR count). The van der Waals surface area contributed by atoms with Gasteiger partial charge in [-0.15, -0.1) is 0 Å². The van der Waals surface area contributed by atoms with Crippen LogP contribution in [0.3, 0.4) is 0 Å². The number of halogens is 1. The van der Waals surface area contributed by atoms with Crippen LogP contribution in [0.15, 0.2) is 53.4 Å². The number of likely N-dealkylation sites (N-methyl/N-ethyl adjacent to an activating group) is 1. The predicted octanol–water partition coefficient (Wildman–Crippen LogP) is 4.06. The fraction of sp³-hybridized carbons (Fsp3) is 0.150. The molecule has 8 heteroatoms. The van der Waals surface area contributed by atoms with E-state index >= 15 is 0 Å². The van der Waals surface area contributed by atoms with E-state index in [2.05, 4.69) is 5.32 Å². The molecule has 1 N–H and O–H groups in total. The third-order valence-corrected chi connectivity index (χ3v) is 5.24. The number of hydrogen-bond acceptors (Lipinski definition) is 5. The quantitative estimate of drug-likeness (QED) is 0.568. The highest BCUT2D eigenvalue weighted by molar-refractivity contribution is 8.26. The van der Waals surface area contributed by atoms with Crippen LogP contribution in [0.2, 0.25) is 0 Å². The van der Waals surface area contributed by atoms with E-state index in [4.69, 9.17) is 17.0 Å². The van der Waals surface area contributed by atoms with Gasteiger partial charge in [0.05, 0.1) is 4.91 Å². The Morgan fingerprint density at radius 3 is 2.50 bits per heavy atom. The number of nitrogens with one attached hydrogen (secondary N) is 1. The molecule has 0 aliphatic carbocycles. The normalized spacial score (nSPS) is 15.2. The summed E-state index contributed by atoms with van der Waals surface area (Å²) in [4.78, 5) is 26.3. The van der Waals surface area contributed by atoms with Crippen molar-refractivity contribution in [3.63, 3.8) is 0 Å². The van der Waals surface area contributed by atoms with Crippen molar-refractivity contribution in [1.82, 2.24) is 4.90 Å². The van der Waals surface area contributed by atoms with Gasteiger partial charge in [-0.1, -0.05) is 36.1 Å². The summed E-state index contributed by atoms with van der Waals surface area (Å²) in [6, 6.07) is 12.5. The largest absolute Gasteiger partial charge is 0.484 e. The van der Waals surface area contributed by atoms with Gasteiger partial charge in [0.1, 0.15) is 15.9 Å². The van der Waals surface area contributed by atoms with Crippen molar-refractivity contribution in [1.29, 1.82) is 0 Å². The molecular formula is C20H17FN2O3S2. The summed E-state index contributed by atoms with van der Waals surface area (Å²) in [5.74, 6) is -0.284. The molecule has 2 aromatic carbocycles. The van der Waals surface area contributed by atoms with Crippen LogP contribution in [0.5, 0.6) is 5.75 Å². The number of anilines is 1. The molecule has 1 aliphatic heterocycles. The second-order valence-corrected chi connectivity index (χ2v) is 7.51. The molecule has 2 amide bonds. The minimum Gasteiger partial charge on any atom is -0.484 e. The Morgan fingerprint density at radius 1 is 1.21 bits per heavy atom. The smallest absolute Gasteiger partial charge is 0.266 e. The molecule has 28 heavy (non-hydrogen) atoms. The van der Waals surface area contributed by atoms with Gasteiger partial charge in [0, 0.05) is 12.2 Å². The maximum Gasteiger partial charge on any atom is 0.266 e. The monoisotopic (exact) mass is 416 g/mol. The van der Waals surface area contributed by atoms with Crippen molar-refractivity contribution >= 4 is 51.9 Å². The first-order valence-electron chi connectivity index (χ1n) is 8.50. The highest BCUT2D eigenvalue weighted by Crippen LogP contribution is 2.32. The number of thiocarbonyl (C=S) groups is 1. The fourth-order valence-electron chi connectivity index (χ4n) is 2.46. The first-order valence-corrected chi connectivity index (χ1v) is 9.72. The van der Waals surface area contributed by atoms with Gasteiger partial charge < -0.3 is 10.1 Å². The van der Waals surface area contributed by atoms with Gasteiger partial charge in [-0.2, -0.15) is 0 Å². The predicted molar refractivity (Wildman–Crippen MR) is 113 cm³/mol. The molecule has 2 aromatic rings. The Balaban J connectivity index is 1.55. The van der Waals surface area contributed by atoms with Gasteiger partial charge in [-0.25, -0.2) is 4.39 Å². The van der Waals surface area contributed by atoms with Crippen molar-refractivity contribution in [2.45, 2.75) is 6.92 Å². The van der Waals surface area contributed by atoms with Crippen molar-refractivity contribution in [3.8, 4) is 5.75 Å². The lowest BCUT2D eigenvalue weighted by Crippen LogP contribution is -2.27. The van der Waals surface area contributed by atoms with Crippen LogP contribution in [0.4, 0.5) is 10.1 Å². The molecule has 0 atom stereocenters. The van der Waals surface area contributed by atoms with E-state index in [0.29, 0.717) is 27.2 Å². The number of ether oxygens (including phenoxy) is 1. The SMILES string of the molecule is CCN1C(=O)/C(=C/c2ccc(OCC(=O)Nc3ccc(F)cc3)cc2)SC1=S. The van der Waals surface area contributed by atoms with Crippen LogP contribution in [-0.4, -0.2) is 34.2 Å². The maximum absolute atomic E-state index is 12.9. The van der Waals surface area contributed by atoms with E-state index in [0.717, 1.165) is 5.56 Å². The van der Waals surface area contributed by atoms with Crippen LogP contribution in [-0.2, 0) is 9.59 Å². The highest BCUT2D eigenvalue weighted by atomic mass is 32.2. The summed E-state index contributed by atoms with van der Waals surface area (Å²) < 4.78 is 18.9.